The molecule has 0 aromatic carbocycles. The van der Waals surface area contributed by atoms with Crippen molar-refractivity contribution in [2.75, 3.05) is 52.9 Å². The molecule has 2 saturated heterocycles. The minimum atomic E-state index is 0. The third-order valence-corrected chi connectivity index (χ3v) is 5.56. The van der Waals surface area contributed by atoms with E-state index in [1.54, 1.807) is 0 Å². The predicted octanol–water partition coefficient (Wildman–Crippen LogP) is 3.26. The van der Waals surface area contributed by atoms with Crippen molar-refractivity contribution in [3.05, 3.63) is 0 Å². The summed E-state index contributed by atoms with van der Waals surface area (Å²) in [5, 5.41) is 7.26. The van der Waals surface area contributed by atoms with Crippen molar-refractivity contribution in [1.29, 1.82) is 0 Å². The summed E-state index contributed by atoms with van der Waals surface area (Å²) in [4.78, 5) is 9.71. The summed E-state index contributed by atoms with van der Waals surface area (Å²) in [5.41, 5.74) is 0. The Morgan fingerprint density at radius 1 is 0.963 bits per heavy atom. The van der Waals surface area contributed by atoms with Crippen molar-refractivity contribution in [1.82, 2.24) is 20.4 Å². The van der Waals surface area contributed by atoms with Crippen LogP contribution in [0.2, 0.25) is 0 Å². The number of guanidine groups is 1. The van der Waals surface area contributed by atoms with Gasteiger partial charge in [0, 0.05) is 52.4 Å². The molecule has 2 aliphatic rings. The molecule has 0 aromatic rings. The van der Waals surface area contributed by atoms with Gasteiger partial charge in [0.15, 0.2) is 5.96 Å². The number of rotatable bonds is 7. The summed E-state index contributed by atoms with van der Waals surface area (Å²) in [6.45, 7) is 17.7. The molecular weight excluding hydrogens is 449 g/mol. The monoisotopic (exact) mass is 493 g/mol. The van der Waals surface area contributed by atoms with Gasteiger partial charge in [-0.25, -0.2) is 0 Å². The quantitative estimate of drug-likeness (QED) is 0.325. The van der Waals surface area contributed by atoms with Crippen LogP contribution in [0.25, 0.3) is 0 Å². The summed E-state index contributed by atoms with van der Waals surface area (Å²) in [6.07, 6.45) is 5.11. The van der Waals surface area contributed by atoms with Crippen LogP contribution in [0.3, 0.4) is 0 Å². The first-order chi connectivity index (χ1) is 12.5. The molecule has 0 spiro atoms. The summed E-state index contributed by atoms with van der Waals surface area (Å²) in [6, 6.07) is 0.563. The molecule has 2 rings (SSSR count). The first kappa shape index (κ1) is 25.0. The zero-order chi connectivity index (χ0) is 18.9. The van der Waals surface area contributed by atoms with E-state index in [-0.39, 0.29) is 24.0 Å². The van der Waals surface area contributed by atoms with Gasteiger partial charge in [-0.05, 0) is 50.0 Å². The number of hydrogen-bond donors (Lipinski definition) is 2. The molecule has 27 heavy (non-hydrogen) atoms. The Kier molecular flexibility index (Phi) is 12.2. The van der Waals surface area contributed by atoms with Gasteiger partial charge in [0.05, 0.1) is 0 Å². The van der Waals surface area contributed by atoms with Crippen LogP contribution in [0.1, 0.15) is 53.4 Å². The highest BCUT2D eigenvalue weighted by Crippen LogP contribution is 2.17. The number of nitrogens with zero attached hydrogens (tertiary/aromatic N) is 3. The molecule has 2 N–H and O–H groups in total. The number of likely N-dealkylation sites (tertiary alicyclic amines) is 2. The molecule has 0 bridgehead atoms. The van der Waals surface area contributed by atoms with E-state index in [0.717, 1.165) is 30.3 Å². The standard InChI is InChI=1S/C21H43N5.HI/c1-17(2)14-25-11-8-20(9-12-25)24-21(22-5)23-13-19-7-6-10-26(16-19)15-18(3)4;/h17-20H,6-16H2,1-5H3,(H2,22,23,24);1H. The van der Waals surface area contributed by atoms with Crippen molar-refractivity contribution in [3.63, 3.8) is 0 Å². The average Bonchev–Trinajstić information content (AvgIpc) is 2.59. The van der Waals surface area contributed by atoms with E-state index >= 15 is 0 Å². The molecule has 0 saturated carbocycles. The lowest BCUT2D eigenvalue weighted by molar-refractivity contribution is 0.159. The van der Waals surface area contributed by atoms with Gasteiger partial charge in [-0.2, -0.15) is 0 Å². The lowest BCUT2D eigenvalue weighted by Crippen LogP contribution is -2.50. The normalized spacial score (nSPS) is 23.5. The van der Waals surface area contributed by atoms with E-state index in [2.05, 4.69) is 53.1 Å². The second-order valence-corrected chi connectivity index (χ2v) is 9.23. The van der Waals surface area contributed by atoms with Crippen LogP contribution >= 0.6 is 24.0 Å². The number of halogens is 1. The topological polar surface area (TPSA) is 42.9 Å². The average molecular weight is 494 g/mol. The van der Waals surface area contributed by atoms with Crippen molar-refractivity contribution in [3.8, 4) is 0 Å². The van der Waals surface area contributed by atoms with Gasteiger partial charge in [0.25, 0.3) is 0 Å². The summed E-state index contributed by atoms with van der Waals surface area (Å²) < 4.78 is 0. The Morgan fingerprint density at radius 3 is 2.19 bits per heavy atom. The van der Waals surface area contributed by atoms with Gasteiger partial charge in [-0.15, -0.1) is 24.0 Å². The third-order valence-electron chi connectivity index (χ3n) is 5.56. The molecule has 2 aliphatic heterocycles. The molecule has 6 heteroatoms. The van der Waals surface area contributed by atoms with Crippen molar-refractivity contribution in [2.24, 2.45) is 22.7 Å². The van der Waals surface area contributed by atoms with Crippen LogP contribution in [-0.4, -0.2) is 74.7 Å². The zero-order valence-electron chi connectivity index (χ0n) is 18.3. The Labute approximate surface area is 185 Å². The SMILES string of the molecule is CN=C(NCC1CCCN(CC(C)C)C1)NC1CCN(CC(C)C)CC1.I. The molecular formula is C21H44IN5. The van der Waals surface area contributed by atoms with Crippen LogP contribution in [0.5, 0.6) is 0 Å². The Bertz CT molecular complexity index is 419. The van der Waals surface area contributed by atoms with E-state index in [0.29, 0.717) is 6.04 Å². The fourth-order valence-electron chi connectivity index (χ4n) is 4.41. The first-order valence-electron chi connectivity index (χ1n) is 10.9. The Balaban J connectivity index is 0.00000364. The molecule has 1 atom stereocenters. The van der Waals surface area contributed by atoms with Gasteiger partial charge in [-0.3, -0.25) is 4.99 Å². The molecule has 5 nitrogen and oxygen atoms in total. The van der Waals surface area contributed by atoms with Gasteiger partial charge in [0.2, 0.25) is 0 Å². The summed E-state index contributed by atoms with van der Waals surface area (Å²) in [5.74, 6) is 3.26. The van der Waals surface area contributed by atoms with E-state index in [9.17, 15) is 0 Å². The second kappa shape index (κ2) is 13.2. The smallest absolute Gasteiger partial charge is 0.191 e. The van der Waals surface area contributed by atoms with E-state index in [1.807, 2.05) is 7.05 Å². The van der Waals surface area contributed by atoms with E-state index in [4.69, 9.17) is 0 Å². The number of aliphatic imine (C=N–C) groups is 1. The maximum Gasteiger partial charge on any atom is 0.191 e. The molecule has 0 amide bonds. The molecule has 0 radical (unpaired) electrons. The molecule has 160 valence electrons. The molecule has 2 fully saturated rings. The highest BCUT2D eigenvalue weighted by atomic mass is 127. The lowest BCUT2D eigenvalue weighted by Gasteiger charge is -2.35. The van der Waals surface area contributed by atoms with Crippen molar-refractivity contribution < 1.29 is 0 Å². The van der Waals surface area contributed by atoms with E-state index in [1.165, 1.54) is 65.0 Å². The third kappa shape index (κ3) is 9.79. The highest BCUT2D eigenvalue weighted by Gasteiger charge is 2.22. The van der Waals surface area contributed by atoms with Crippen LogP contribution in [0.15, 0.2) is 4.99 Å². The van der Waals surface area contributed by atoms with Gasteiger partial charge in [0.1, 0.15) is 0 Å². The molecule has 2 heterocycles. The molecule has 0 aromatic heterocycles. The Hall–Kier alpha value is -0.0800. The van der Waals surface area contributed by atoms with Crippen LogP contribution in [0.4, 0.5) is 0 Å². The van der Waals surface area contributed by atoms with Gasteiger partial charge in [-0.1, -0.05) is 27.7 Å². The Morgan fingerprint density at radius 2 is 1.59 bits per heavy atom. The molecule has 0 aliphatic carbocycles. The van der Waals surface area contributed by atoms with Gasteiger partial charge < -0.3 is 20.4 Å². The number of hydrogen-bond acceptors (Lipinski definition) is 3. The first-order valence-corrected chi connectivity index (χ1v) is 10.9. The van der Waals surface area contributed by atoms with Crippen molar-refractivity contribution >= 4 is 29.9 Å². The number of piperidine rings is 2. The second-order valence-electron chi connectivity index (χ2n) is 9.23. The van der Waals surface area contributed by atoms with E-state index < -0.39 is 0 Å². The fraction of sp³-hybridized carbons (Fsp3) is 0.952. The summed E-state index contributed by atoms with van der Waals surface area (Å²) in [7, 11) is 1.90. The molecule has 1 unspecified atom stereocenters. The highest BCUT2D eigenvalue weighted by molar-refractivity contribution is 14.0. The minimum absolute atomic E-state index is 0. The maximum atomic E-state index is 4.47. The number of nitrogens with one attached hydrogen (secondary N) is 2. The maximum absolute atomic E-state index is 4.47. The summed E-state index contributed by atoms with van der Waals surface area (Å²) >= 11 is 0. The van der Waals surface area contributed by atoms with Gasteiger partial charge >= 0.3 is 0 Å². The van der Waals surface area contributed by atoms with Crippen LogP contribution < -0.4 is 10.6 Å². The predicted molar refractivity (Wildman–Crippen MR) is 128 cm³/mol. The van der Waals surface area contributed by atoms with Crippen LogP contribution in [0, 0.1) is 17.8 Å². The zero-order valence-corrected chi connectivity index (χ0v) is 20.7. The fourth-order valence-corrected chi connectivity index (χ4v) is 4.41. The minimum Gasteiger partial charge on any atom is -0.356 e. The largest absolute Gasteiger partial charge is 0.356 e. The lowest BCUT2D eigenvalue weighted by atomic mass is 9.97. The van der Waals surface area contributed by atoms with Crippen LogP contribution in [-0.2, 0) is 0 Å². The van der Waals surface area contributed by atoms with Crippen molar-refractivity contribution in [2.45, 2.75) is 59.4 Å².